The monoisotopic (exact) mass is 534 g/mol. The fourth-order valence-corrected chi connectivity index (χ4v) is 4.32. The molecule has 3 heterocycles. The van der Waals surface area contributed by atoms with Crippen LogP contribution in [-0.2, 0) is 6.18 Å². The Labute approximate surface area is 189 Å². The molecule has 0 aliphatic heterocycles. The summed E-state index contributed by atoms with van der Waals surface area (Å²) in [5, 5.41) is 8.64. The first kappa shape index (κ1) is 21.1. The molecular weight excluding hydrogens is 528 g/mol. The second-order valence-corrected chi connectivity index (χ2v) is 8.56. The van der Waals surface area contributed by atoms with E-state index in [4.69, 9.17) is 23.2 Å². The van der Waals surface area contributed by atoms with Crippen LogP contribution in [0.2, 0.25) is 10.0 Å². The average Bonchev–Trinajstić information content (AvgIpc) is 3.31. The number of anilines is 1. The van der Waals surface area contributed by atoms with E-state index in [1.807, 2.05) is 0 Å². The smallest absolute Gasteiger partial charge is 0.319 e. The van der Waals surface area contributed by atoms with Crippen molar-refractivity contribution in [2.75, 3.05) is 5.32 Å². The Morgan fingerprint density at radius 1 is 1.20 bits per heavy atom. The predicted molar refractivity (Wildman–Crippen MR) is 113 cm³/mol. The molecule has 12 heteroatoms. The molecule has 5 nitrogen and oxygen atoms in total. The number of hydrogen-bond donors (Lipinski definition) is 1. The number of carbonyl (C=O) groups excluding carboxylic acids is 1. The number of nitrogens with one attached hydrogen (secondary N) is 1. The summed E-state index contributed by atoms with van der Waals surface area (Å²) in [5.41, 5.74) is -1.11. The van der Waals surface area contributed by atoms with E-state index in [1.54, 1.807) is 17.5 Å². The largest absolute Gasteiger partial charge is 0.433 e. The number of rotatable bonds is 3. The Morgan fingerprint density at radius 2 is 1.97 bits per heavy atom. The lowest BCUT2D eigenvalue weighted by molar-refractivity contribution is -0.142. The van der Waals surface area contributed by atoms with Gasteiger partial charge < -0.3 is 5.32 Å². The molecular formula is C18H8BrCl2F3N4OS. The van der Waals surface area contributed by atoms with Crippen molar-refractivity contribution < 1.29 is 18.0 Å². The predicted octanol–water partition coefficient (Wildman–Crippen LogP) is 6.80. The number of halogens is 6. The molecule has 1 amide bonds. The summed E-state index contributed by atoms with van der Waals surface area (Å²) in [4.78, 5) is 17.5. The number of benzene rings is 1. The lowest BCUT2D eigenvalue weighted by atomic mass is 10.2. The quantitative estimate of drug-likeness (QED) is 0.314. The van der Waals surface area contributed by atoms with Crippen molar-refractivity contribution in [3.63, 3.8) is 0 Å². The van der Waals surface area contributed by atoms with Crippen LogP contribution in [0.25, 0.3) is 16.2 Å². The highest BCUT2D eigenvalue weighted by atomic mass is 79.9. The maximum atomic E-state index is 13.7. The first-order valence-electron chi connectivity index (χ1n) is 8.12. The maximum absolute atomic E-state index is 13.7. The van der Waals surface area contributed by atoms with Crippen LogP contribution >= 0.6 is 50.5 Å². The van der Waals surface area contributed by atoms with Gasteiger partial charge in [0.15, 0.2) is 17.0 Å². The van der Waals surface area contributed by atoms with Crippen molar-refractivity contribution in [3.8, 4) is 10.6 Å². The molecule has 4 rings (SSSR count). The van der Waals surface area contributed by atoms with E-state index in [0.717, 1.165) is 6.07 Å². The van der Waals surface area contributed by atoms with Gasteiger partial charge in [-0.2, -0.15) is 18.3 Å². The molecule has 0 fully saturated rings. The van der Waals surface area contributed by atoms with Crippen molar-refractivity contribution in [1.82, 2.24) is 14.6 Å². The standard InChI is InChI=1S/C18H8BrCl2F3N4OS/c19-14-15(17(29)26-10-4-3-8(20)6-9(10)21)27-28-13(18(22,23)24)7-11(25-16(14)28)12-2-1-5-30-12/h1-7H,(H,26,29). The lowest BCUT2D eigenvalue weighted by Crippen LogP contribution is -2.16. The number of hydrogen-bond acceptors (Lipinski definition) is 4. The highest BCUT2D eigenvalue weighted by molar-refractivity contribution is 9.10. The average molecular weight is 536 g/mol. The van der Waals surface area contributed by atoms with E-state index >= 15 is 0 Å². The Balaban J connectivity index is 1.84. The molecule has 0 spiro atoms. The molecule has 0 aliphatic rings. The van der Waals surface area contributed by atoms with Crippen LogP contribution < -0.4 is 5.32 Å². The van der Waals surface area contributed by atoms with Gasteiger partial charge in [-0.15, -0.1) is 11.3 Å². The number of thiophene rings is 1. The maximum Gasteiger partial charge on any atom is 0.433 e. The SMILES string of the molecule is O=C(Nc1ccc(Cl)cc1Cl)c1nn2c(C(F)(F)F)cc(-c3cccs3)nc2c1Br. The summed E-state index contributed by atoms with van der Waals surface area (Å²) in [6, 6.07) is 8.67. The number of nitrogens with zero attached hydrogens (tertiary/aromatic N) is 3. The molecule has 3 aromatic heterocycles. The van der Waals surface area contributed by atoms with E-state index in [-0.39, 0.29) is 32.2 Å². The molecule has 0 unspecified atom stereocenters. The Bertz CT molecular complexity index is 1270. The van der Waals surface area contributed by atoms with Gasteiger partial charge >= 0.3 is 6.18 Å². The van der Waals surface area contributed by atoms with Crippen LogP contribution in [0.4, 0.5) is 18.9 Å². The van der Waals surface area contributed by atoms with Crippen molar-refractivity contribution in [2.45, 2.75) is 6.18 Å². The van der Waals surface area contributed by atoms with Crippen LogP contribution in [0.3, 0.4) is 0 Å². The van der Waals surface area contributed by atoms with E-state index in [1.165, 1.54) is 29.5 Å². The summed E-state index contributed by atoms with van der Waals surface area (Å²) in [5.74, 6) is -0.762. The third-order valence-electron chi connectivity index (χ3n) is 3.99. The zero-order valence-electron chi connectivity index (χ0n) is 14.5. The van der Waals surface area contributed by atoms with Crippen LogP contribution in [0, 0.1) is 0 Å². The first-order chi connectivity index (χ1) is 14.1. The van der Waals surface area contributed by atoms with E-state index in [2.05, 4.69) is 31.3 Å². The van der Waals surface area contributed by atoms with Gasteiger partial charge in [-0.25, -0.2) is 9.50 Å². The second-order valence-electron chi connectivity index (χ2n) is 5.98. The normalized spacial score (nSPS) is 11.8. The highest BCUT2D eigenvalue weighted by Crippen LogP contribution is 2.36. The van der Waals surface area contributed by atoms with Gasteiger partial charge in [0.05, 0.1) is 25.8 Å². The molecule has 0 bridgehead atoms. The zero-order valence-corrected chi connectivity index (χ0v) is 18.4. The number of carbonyl (C=O) groups is 1. The Morgan fingerprint density at radius 3 is 2.60 bits per heavy atom. The van der Waals surface area contributed by atoms with Gasteiger partial charge in [0, 0.05) is 5.02 Å². The molecule has 0 saturated carbocycles. The minimum absolute atomic E-state index is 0.0222. The van der Waals surface area contributed by atoms with Crippen molar-refractivity contribution in [3.05, 3.63) is 67.7 Å². The third-order valence-corrected chi connectivity index (χ3v) is 6.16. The molecule has 0 radical (unpaired) electrons. The van der Waals surface area contributed by atoms with E-state index in [9.17, 15) is 18.0 Å². The second kappa shape index (κ2) is 7.84. The van der Waals surface area contributed by atoms with Gasteiger partial charge in [-0.1, -0.05) is 29.3 Å². The van der Waals surface area contributed by atoms with E-state index < -0.39 is 17.8 Å². The zero-order chi connectivity index (χ0) is 21.6. The molecule has 1 N–H and O–H groups in total. The van der Waals surface area contributed by atoms with Crippen LogP contribution in [0.15, 0.2) is 46.3 Å². The third kappa shape index (κ3) is 3.92. The number of alkyl halides is 3. The summed E-state index contributed by atoms with van der Waals surface area (Å²) < 4.78 is 41.7. The number of fused-ring (bicyclic) bond motifs is 1. The topological polar surface area (TPSA) is 59.3 Å². The highest BCUT2D eigenvalue weighted by Gasteiger charge is 2.36. The number of aromatic nitrogens is 3. The lowest BCUT2D eigenvalue weighted by Gasteiger charge is -2.10. The molecule has 0 aliphatic carbocycles. The van der Waals surface area contributed by atoms with Gasteiger partial charge in [-0.3, -0.25) is 4.79 Å². The molecule has 0 atom stereocenters. The van der Waals surface area contributed by atoms with Crippen LogP contribution in [0.1, 0.15) is 16.2 Å². The van der Waals surface area contributed by atoms with Crippen molar-refractivity contribution in [2.24, 2.45) is 0 Å². The van der Waals surface area contributed by atoms with Crippen molar-refractivity contribution in [1.29, 1.82) is 0 Å². The fourth-order valence-electron chi connectivity index (χ4n) is 2.66. The Kier molecular flexibility index (Phi) is 5.52. The van der Waals surface area contributed by atoms with Crippen LogP contribution in [0.5, 0.6) is 0 Å². The number of amides is 1. The molecule has 30 heavy (non-hydrogen) atoms. The van der Waals surface area contributed by atoms with Gasteiger partial charge in [0.2, 0.25) is 0 Å². The summed E-state index contributed by atoms with van der Waals surface area (Å²) in [6.45, 7) is 0. The molecule has 154 valence electrons. The van der Waals surface area contributed by atoms with Crippen molar-refractivity contribution >= 4 is 67.7 Å². The van der Waals surface area contributed by atoms with E-state index in [0.29, 0.717) is 14.4 Å². The fraction of sp³-hybridized carbons (Fsp3) is 0.0556. The minimum atomic E-state index is -4.72. The first-order valence-corrected chi connectivity index (χ1v) is 10.5. The van der Waals surface area contributed by atoms with Gasteiger partial charge in [-0.05, 0) is 51.6 Å². The Hall–Kier alpha value is -2.14. The summed E-state index contributed by atoms with van der Waals surface area (Å²) in [6.07, 6.45) is -4.72. The minimum Gasteiger partial charge on any atom is -0.319 e. The molecule has 1 aromatic carbocycles. The van der Waals surface area contributed by atoms with Crippen LogP contribution in [-0.4, -0.2) is 20.5 Å². The van der Waals surface area contributed by atoms with Gasteiger partial charge in [0.25, 0.3) is 5.91 Å². The molecule has 4 aromatic rings. The van der Waals surface area contributed by atoms with Gasteiger partial charge in [0.1, 0.15) is 0 Å². The molecule has 0 saturated heterocycles. The summed E-state index contributed by atoms with van der Waals surface area (Å²) >= 11 is 16.3. The summed E-state index contributed by atoms with van der Waals surface area (Å²) in [7, 11) is 0.